The Morgan fingerprint density at radius 3 is 2.93 bits per heavy atom. The zero-order chi connectivity index (χ0) is 10.7. The topological polar surface area (TPSA) is 24.1 Å². The molecule has 15 heavy (non-hydrogen) atoms. The van der Waals surface area contributed by atoms with Crippen molar-refractivity contribution in [2.45, 2.75) is 18.9 Å². The van der Waals surface area contributed by atoms with Crippen LogP contribution in [-0.4, -0.2) is 19.1 Å². The van der Waals surface area contributed by atoms with Gasteiger partial charge in [0.1, 0.15) is 0 Å². The van der Waals surface area contributed by atoms with Crippen molar-refractivity contribution in [1.82, 2.24) is 5.32 Å². The van der Waals surface area contributed by atoms with Gasteiger partial charge in [-0.1, -0.05) is 29.3 Å². The van der Waals surface area contributed by atoms with E-state index in [1.54, 1.807) is 6.07 Å². The molecule has 0 amide bonds. The average Bonchev–Trinajstić information content (AvgIpc) is 2.26. The van der Waals surface area contributed by atoms with E-state index < -0.39 is 0 Å². The highest BCUT2D eigenvalue weighted by Gasteiger charge is 2.14. The Morgan fingerprint density at radius 2 is 2.20 bits per heavy atom. The average molecular weight is 245 g/mol. The third-order valence-corrected chi connectivity index (χ3v) is 3.43. The van der Waals surface area contributed by atoms with Gasteiger partial charge in [-0.25, -0.2) is 0 Å². The monoisotopic (exact) mass is 244 g/mol. The molecule has 0 bridgehead atoms. The first-order valence-corrected chi connectivity index (χ1v) is 5.94. The molecule has 82 valence electrons. The zero-order valence-corrected chi connectivity index (χ0v) is 9.91. The fourth-order valence-corrected chi connectivity index (χ4v) is 2.17. The fourth-order valence-electron chi connectivity index (χ4n) is 1.81. The molecule has 0 aromatic heterocycles. The zero-order valence-electron chi connectivity index (χ0n) is 8.39. The SMILES string of the molecule is Clc1cccc(NC2CCCNC2)c1Cl. The quantitative estimate of drug-likeness (QED) is 0.836. The molecule has 0 aliphatic carbocycles. The Labute approximate surface area is 100.0 Å². The Morgan fingerprint density at radius 1 is 1.33 bits per heavy atom. The summed E-state index contributed by atoms with van der Waals surface area (Å²) in [6, 6.07) is 6.12. The molecule has 1 aromatic rings. The van der Waals surface area contributed by atoms with Crippen molar-refractivity contribution in [1.29, 1.82) is 0 Å². The number of hydrogen-bond acceptors (Lipinski definition) is 2. The number of anilines is 1. The number of piperidine rings is 1. The third kappa shape index (κ3) is 2.77. The molecule has 4 heteroatoms. The van der Waals surface area contributed by atoms with Crippen LogP contribution in [0, 0.1) is 0 Å². The van der Waals surface area contributed by atoms with Gasteiger partial charge in [0.15, 0.2) is 0 Å². The molecule has 0 radical (unpaired) electrons. The summed E-state index contributed by atoms with van der Waals surface area (Å²) in [6.07, 6.45) is 2.38. The van der Waals surface area contributed by atoms with Gasteiger partial charge in [0.25, 0.3) is 0 Å². The number of halogens is 2. The Bertz CT molecular complexity index is 335. The lowest BCUT2D eigenvalue weighted by Crippen LogP contribution is -2.38. The second-order valence-corrected chi connectivity index (χ2v) is 4.57. The van der Waals surface area contributed by atoms with Crippen molar-refractivity contribution in [3.63, 3.8) is 0 Å². The van der Waals surface area contributed by atoms with Crippen molar-refractivity contribution < 1.29 is 0 Å². The van der Waals surface area contributed by atoms with Crippen LogP contribution in [0.2, 0.25) is 10.0 Å². The molecule has 1 fully saturated rings. The molecule has 1 aromatic carbocycles. The van der Waals surface area contributed by atoms with Crippen molar-refractivity contribution in [3.8, 4) is 0 Å². The van der Waals surface area contributed by atoms with E-state index >= 15 is 0 Å². The highest BCUT2D eigenvalue weighted by Crippen LogP contribution is 2.30. The minimum atomic E-state index is 0.453. The molecule has 2 nitrogen and oxygen atoms in total. The van der Waals surface area contributed by atoms with Gasteiger partial charge in [-0.2, -0.15) is 0 Å². The van der Waals surface area contributed by atoms with Crippen molar-refractivity contribution in [3.05, 3.63) is 28.2 Å². The molecule has 1 aliphatic heterocycles. The summed E-state index contributed by atoms with van der Waals surface area (Å²) in [5.74, 6) is 0. The molecular formula is C11H14Cl2N2. The molecule has 1 aliphatic rings. The lowest BCUT2D eigenvalue weighted by molar-refractivity contribution is 0.480. The maximum atomic E-state index is 6.10. The second-order valence-electron chi connectivity index (χ2n) is 3.79. The van der Waals surface area contributed by atoms with Crippen LogP contribution in [0.4, 0.5) is 5.69 Å². The minimum Gasteiger partial charge on any atom is -0.380 e. The second kappa shape index (κ2) is 5.06. The Balaban J connectivity index is 2.06. The normalized spacial score (nSPS) is 21.3. The molecule has 2 rings (SSSR count). The van der Waals surface area contributed by atoms with E-state index in [9.17, 15) is 0 Å². The third-order valence-electron chi connectivity index (χ3n) is 2.61. The van der Waals surface area contributed by atoms with Gasteiger partial charge >= 0.3 is 0 Å². The number of hydrogen-bond donors (Lipinski definition) is 2. The van der Waals surface area contributed by atoms with Crippen LogP contribution in [0.15, 0.2) is 18.2 Å². The van der Waals surface area contributed by atoms with E-state index in [0.29, 0.717) is 16.1 Å². The van der Waals surface area contributed by atoms with Gasteiger partial charge in [-0.3, -0.25) is 0 Å². The minimum absolute atomic E-state index is 0.453. The van der Waals surface area contributed by atoms with Crippen molar-refractivity contribution in [2.24, 2.45) is 0 Å². The lowest BCUT2D eigenvalue weighted by atomic mass is 10.1. The summed E-state index contributed by atoms with van der Waals surface area (Å²) < 4.78 is 0. The summed E-state index contributed by atoms with van der Waals surface area (Å²) in [7, 11) is 0. The smallest absolute Gasteiger partial charge is 0.0823 e. The highest BCUT2D eigenvalue weighted by atomic mass is 35.5. The van der Waals surface area contributed by atoms with Crippen molar-refractivity contribution >= 4 is 28.9 Å². The van der Waals surface area contributed by atoms with E-state index in [4.69, 9.17) is 23.2 Å². The predicted octanol–water partition coefficient (Wildman–Crippen LogP) is 3.16. The fraction of sp³-hybridized carbons (Fsp3) is 0.455. The molecule has 2 N–H and O–H groups in total. The largest absolute Gasteiger partial charge is 0.380 e. The molecule has 0 saturated carbocycles. The molecular weight excluding hydrogens is 231 g/mol. The molecule has 0 spiro atoms. The summed E-state index contributed by atoms with van der Waals surface area (Å²) >= 11 is 12.0. The maximum absolute atomic E-state index is 6.10. The van der Waals surface area contributed by atoms with Gasteiger partial charge in [0, 0.05) is 12.6 Å². The van der Waals surface area contributed by atoms with Crippen LogP contribution in [0.3, 0.4) is 0 Å². The first-order chi connectivity index (χ1) is 7.27. The van der Waals surface area contributed by atoms with Crippen LogP contribution in [0.25, 0.3) is 0 Å². The van der Waals surface area contributed by atoms with Gasteiger partial charge < -0.3 is 10.6 Å². The number of nitrogens with one attached hydrogen (secondary N) is 2. The van der Waals surface area contributed by atoms with Crippen LogP contribution in [-0.2, 0) is 0 Å². The summed E-state index contributed by atoms with van der Waals surface area (Å²) in [5.41, 5.74) is 0.929. The molecule has 1 unspecified atom stereocenters. The molecule has 1 heterocycles. The van der Waals surface area contributed by atoms with E-state index in [-0.39, 0.29) is 0 Å². The van der Waals surface area contributed by atoms with Crippen LogP contribution in [0.1, 0.15) is 12.8 Å². The molecule has 1 atom stereocenters. The van der Waals surface area contributed by atoms with E-state index in [1.165, 1.54) is 12.8 Å². The summed E-state index contributed by atoms with van der Waals surface area (Å²) in [6.45, 7) is 2.10. The van der Waals surface area contributed by atoms with E-state index in [2.05, 4.69) is 10.6 Å². The number of benzene rings is 1. The van der Waals surface area contributed by atoms with E-state index in [1.807, 2.05) is 12.1 Å². The van der Waals surface area contributed by atoms with Crippen LogP contribution >= 0.6 is 23.2 Å². The maximum Gasteiger partial charge on any atom is 0.0823 e. The van der Waals surface area contributed by atoms with E-state index in [0.717, 1.165) is 18.8 Å². The highest BCUT2D eigenvalue weighted by molar-refractivity contribution is 6.43. The summed E-state index contributed by atoms with van der Waals surface area (Å²) in [5, 5.41) is 7.98. The van der Waals surface area contributed by atoms with Gasteiger partial charge in [0.05, 0.1) is 15.7 Å². The Hall–Kier alpha value is -0.440. The van der Waals surface area contributed by atoms with Crippen LogP contribution < -0.4 is 10.6 Å². The van der Waals surface area contributed by atoms with Gasteiger partial charge in [0.2, 0.25) is 0 Å². The van der Waals surface area contributed by atoms with Crippen LogP contribution in [0.5, 0.6) is 0 Å². The lowest BCUT2D eigenvalue weighted by Gasteiger charge is -2.25. The van der Waals surface area contributed by atoms with Gasteiger partial charge in [-0.15, -0.1) is 0 Å². The summed E-state index contributed by atoms with van der Waals surface area (Å²) in [4.78, 5) is 0. The first-order valence-electron chi connectivity index (χ1n) is 5.18. The molecule has 1 saturated heterocycles. The first kappa shape index (κ1) is 11.1. The van der Waals surface area contributed by atoms with Crippen molar-refractivity contribution in [2.75, 3.05) is 18.4 Å². The Kier molecular flexibility index (Phi) is 3.73. The van der Waals surface area contributed by atoms with Gasteiger partial charge in [-0.05, 0) is 31.5 Å². The predicted molar refractivity (Wildman–Crippen MR) is 66.0 cm³/mol. The number of rotatable bonds is 2. The standard InChI is InChI=1S/C11H14Cl2N2/c12-9-4-1-5-10(11(9)13)15-8-3-2-6-14-7-8/h1,4-5,8,14-15H,2-3,6-7H2.